The standard InChI is InChI=1S/C4H10O.H2O/c1-3-4(2)5;/h4-5H,3H2,1-2H3;1H2. The number of aliphatic hydroxyl groups is 1. The van der Waals surface area contributed by atoms with Crippen LogP contribution in [0, 0.1) is 0 Å². The van der Waals surface area contributed by atoms with E-state index in [0.717, 1.165) is 6.42 Å². The second-order valence-corrected chi connectivity index (χ2v) is 1.26. The Hall–Kier alpha value is -0.0800. The van der Waals surface area contributed by atoms with Gasteiger partial charge in [0.25, 0.3) is 0 Å². The molecule has 0 amide bonds. The lowest BCUT2D eigenvalue weighted by molar-refractivity contribution is 0.191. The summed E-state index contributed by atoms with van der Waals surface area (Å²) in [5.74, 6) is 0. The fourth-order valence-electron chi connectivity index (χ4n) is 0. The zero-order chi connectivity index (χ0) is 4.28. The van der Waals surface area contributed by atoms with Crippen molar-refractivity contribution in [2.24, 2.45) is 0 Å². The average molecular weight is 92.1 g/mol. The molecule has 0 saturated carbocycles. The summed E-state index contributed by atoms with van der Waals surface area (Å²) in [6.07, 6.45) is 0.745. The van der Waals surface area contributed by atoms with Crippen LogP contribution in [0.15, 0.2) is 0 Å². The van der Waals surface area contributed by atoms with Gasteiger partial charge in [0.1, 0.15) is 0 Å². The molecule has 0 rings (SSSR count). The van der Waals surface area contributed by atoms with E-state index in [0.29, 0.717) is 0 Å². The van der Waals surface area contributed by atoms with Gasteiger partial charge in [0.05, 0.1) is 6.10 Å². The van der Waals surface area contributed by atoms with Crippen molar-refractivity contribution in [3.63, 3.8) is 0 Å². The monoisotopic (exact) mass is 92.1 g/mol. The minimum absolute atomic E-state index is 0. The molecule has 0 saturated heterocycles. The third-order valence-electron chi connectivity index (χ3n) is 0.591. The van der Waals surface area contributed by atoms with E-state index in [2.05, 4.69) is 0 Å². The van der Waals surface area contributed by atoms with Crippen molar-refractivity contribution >= 4 is 0 Å². The molecule has 0 aliphatic rings. The van der Waals surface area contributed by atoms with Gasteiger partial charge < -0.3 is 10.6 Å². The van der Waals surface area contributed by atoms with Crippen molar-refractivity contribution in [2.75, 3.05) is 0 Å². The highest BCUT2D eigenvalue weighted by molar-refractivity contribution is 4.34. The van der Waals surface area contributed by atoms with Crippen LogP contribution in [-0.4, -0.2) is 16.7 Å². The summed E-state index contributed by atoms with van der Waals surface area (Å²) in [5, 5.41) is 8.36. The molecule has 0 aromatic carbocycles. The van der Waals surface area contributed by atoms with Gasteiger partial charge >= 0.3 is 0 Å². The molecule has 0 fully saturated rings. The van der Waals surface area contributed by atoms with Crippen LogP contribution in [0.2, 0.25) is 0 Å². The van der Waals surface area contributed by atoms with Crippen LogP contribution >= 0.6 is 0 Å². The summed E-state index contributed by atoms with van der Waals surface area (Å²) in [4.78, 5) is 0. The van der Waals surface area contributed by atoms with Gasteiger partial charge in [-0.05, 0) is 13.3 Å². The number of hydrogen-bond acceptors (Lipinski definition) is 1. The zero-order valence-corrected chi connectivity index (χ0v) is 4.23. The Balaban J connectivity index is 0. The summed E-state index contributed by atoms with van der Waals surface area (Å²) in [5.41, 5.74) is 0. The van der Waals surface area contributed by atoms with Crippen molar-refractivity contribution in [3.05, 3.63) is 0 Å². The smallest absolute Gasteiger partial charge is 0.0509 e. The van der Waals surface area contributed by atoms with Gasteiger partial charge in [-0.25, -0.2) is 0 Å². The van der Waals surface area contributed by atoms with Gasteiger partial charge in [-0.15, -0.1) is 0 Å². The first-order valence-electron chi connectivity index (χ1n) is 1.95. The second-order valence-electron chi connectivity index (χ2n) is 1.26. The van der Waals surface area contributed by atoms with Gasteiger partial charge in [-0.3, -0.25) is 0 Å². The molecule has 2 heteroatoms. The second kappa shape index (κ2) is 4.92. The van der Waals surface area contributed by atoms with Crippen LogP contribution < -0.4 is 0 Å². The predicted octanol–water partition coefficient (Wildman–Crippen LogP) is -0.0475. The molecule has 1 unspecified atom stereocenters. The molecular weight excluding hydrogens is 80.0 g/mol. The molecule has 0 aliphatic carbocycles. The fourth-order valence-corrected chi connectivity index (χ4v) is 0. The molecule has 1 atom stereocenters. The predicted molar refractivity (Wildman–Crippen MR) is 25.6 cm³/mol. The van der Waals surface area contributed by atoms with E-state index in [9.17, 15) is 0 Å². The molecule has 0 heterocycles. The van der Waals surface area contributed by atoms with Crippen LogP contribution in [-0.2, 0) is 0 Å². The molecular formula is C4H12O2. The maximum absolute atomic E-state index is 8.36. The molecule has 0 radical (unpaired) electrons. The molecule has 0 spiro atoms. The highest BCUT2D eigenvalue weighted by atomic mass is 16.3. The van der Waals surface area contributed by atoms with Crippen LogP contribution in [0.3, 0.4) is 0 Å². The minimum Gasteiger partial charge on any atom is -0.412 e. The summed E-state index contributed by atoms with van der Waals surface area (Å²) in [6.45, 7) is 3.73. The lowest BCUT2D eigenvalue weighted by Gasteiger charge is -1.90. The van der Waals surface area contributed by atoms with Crippen LogP contribution in [0.5, 0.6) is 0 Å². The topological polar surface area (TPSA) is 51.7 Å². The Morgan fingerprint density at radius 1 is 1.67 bits per heavy atom. The third-order valence-corrected chi connectivity index (χ3v) is 0.591. The Labute approximate surface area is 38.1 Å². The summed E-state index contributed by atoms with van der Waals surface area (Å²) >= 11 is 0. The average Bonchev–Trinajstić information content (AvgIpc) is 1.38. The Bertz CT molecular complexity index is 19.5. The summed E-state index contributed by atoms with van der Waals surface area (Å²) < 4.78 is 0. The maximum atomic E-state index is 8.36. The fraction of sp³-hybridized carbons (Fsp3) is 1.00. The first-order valence-corrected chi connectivity index (χ1v) is 1.95. The third kappa shape index (κ3) is 9.07. The zero-order valence-electron chi connectivity index (χ0n) is 4.23. The molecule has 0 bridgehead atoms. The Morgan fingerprint density at radius 3 is 1.83 bits per heavy atom. The quantitative estimate of drug-likeness (QED) is 0.484. The largest absolute Gasteiger partial charge is 0.412 e. The van der Waals surface area contributed by atoms with Crippen molar-refractivity contribution in [2.45, 2.75) is 26.4 Å². The molecule has 0 aromatic rings. The van der Waals surface area contributed by atoms with Gasteiger partial charge in [0, 0.05) is 0 Å². The Kier molecular flexibility index (Phi) is 7.65. The van der Waals surface area contributed by atoms with Crippen LogP contribution in [0.25, 0.3) is 0 Å². The van der Waals surface area contributed by atoms with Crippen molar-refractivity contribution < 1.29 is 10.6 Å². The number of rotatable bonds is 1. The van der Waals surface area contributed by atoms with Gasteiger partial charge in [0.15, 0.2) is 0 Å². The molecule has 2 nitrogen and oxygen atoms in total. The molecule has 40 valence electrons. The maximum Gasteiger partial charge on any atom is 0.0509 e. The van der Waals surface area contributed by atoms with E-state index in [1.807, 2.05) is 6.92 Å². The Morgan fingerprint density at radius 2 is 1.83 bits per heavy atom. The van der Waals surface area contributed by atoms with Crippen LogP contribution in [0.4, 0.5) is 0 Å². The molecule has 0 aliphatic heterocycles. The van der Waals surface area contributed by atoms with E-state index in [1.54, 1.807) is 6.92 Å². The molecule has 6 heavy (non-hydrogen) atoms. The summed E-state index contributed by atoms with van der Waals surface area (Å²) in [7, 11) is 0. The van der Waals surface area contributed by atoms with Crippen molar-refractivity contribution in [3.8, 4) is 0 Å². The normalized spacial score (nSPS) is 12.5. The lowest BCUT2D eigenvalue weighted by Crippen LogP contribution is -1.93. The molecule has 3 N–H and O–H groups in total. The minimum atomic E-state index is -0.116. The lowest BCUT2D eigenvalue weighted by atomic mass is 10.3. The van der Waals surface area contributed by atoms with E-state index in [-0.39, 0.29) is 11.6 Å². The van der Waals surface area contributed by atoms with Crippen molar-refractivity contribution in [1.29, 1.82) is 0 Å². The van der Waals surface area contributed by atoms with Gasteiger partial charge in [-0.1, -0.05) is 6.92 Å². The first-order chi connectivity index (χ1) is 2.27. The number of hydrogen-bond donors (Lipinski definition) is 1. The van der Waals surface area contributed by atoms with Crippen LogP contribution in [0.1, 0.15) is 20.3 Å². The number of aliphatic hydroxyl groups excluding tert-OH is 1. The highest BCUT2D eigenvalue weighted by Crippen LogP contribution is 1.81. The molecule has 0 aromatic heterocycles. The van der Waals surface area contributed by atoms with Gasteiger partial charge in [0.2, 0.25) is 0 Å². The SMILES string of the molecule is CCC(C)O.O. The van der Waals surface area contributed by atoms with E-state index in [1.165, 1.54) is 0 Å². The highest BCUT2D eigenvalue weighted by Gasteiger charge is 1.81. The van der Waals surface area contributed by atoms with E-state index in [4.69, 9.17) is 5.11 Å². The van der Waals surface area contributed by atoms with E-state index < -0.39 is 0 Å². The first kappa shape index (κ1) is 9.33. The van der Waals surface area contributed by atoms with Crippen molar-refractivity contribution in [1.82, 2.24) is 0 Å². The van der Waals surface area contributed by atoms with E-state index >= 15 is 0 Å². The van der Waals surface area contributed by atoms with Gasteiger partial charge in [-0.2, -0.15) is 0 Å². The summed E-state index contributed by atoms with van der Waals surface area (Å²) in [6, 6.07) is 0.